The summed E-state index contributed by atoms with van der Waals surface area (Å²) in [6.45, 7) is 5.91. The maximum Gasteiger partial charge on any atom is 0.361 e. The van der Waals surface area contributed by atoms with Crippen molar-refractivity contribution in [1.29, 1.82) is 0 Å². The zero-order valence-corrected chi connectivity index (χ0v) is 19.0. The van der Waals surface area contributed by atoms with Gasteiger partial charge in [0.1, 0.15) is 11.4 Å². The molecule has 34 heavy (non-hydrogen) atoms. The molecule has 4 heterocycles. The Labute approximate surface area is 194 Å². The highest BCUT2D eigenvalue weighted by molar-refractivity contribution is 5.91. The summed E-state index contributed by atoms with van der Waals surface area (Å²) in [6.07, 6.45) is 3.40. The van der Waals surface area contributed by atoms with Crippen LogP contribution in [0.25, 0.3) is 22.5 Å². The highest BCUT2D eigenvalue weighted by Gasteiger charge is 2.23. The maximum atomic E-state index is 13.2. The van der Waals surface area contributed by atoms with Crippen LogP contribution in [0.3, 0.4) is 0 Å². The van der Waals surface area contributed by atoms with Gasteiger partial charge < -0.3 is 9.47 Å². The summed E-state index contributed by atoms with van der Waals surface area (Å²) in [5.41, 5.74) is 2.62. The number of benzene rings is 1. The topological polar surface area (TPSA) is 92.6 Å². The standard InChI is InChI=1S/C25H23N5O4/c1-4-33-24(31)21-23(27-20-9-5-6-15-28(20)21)34-18-12-10-17(11-13-18)30-22-19(8-7-14-26-22)29(16(2)3)25(30)32/h5-16H,4H2,1-3H3. The number of carbonyl (C=O) groups excluding carboxylic acids is 1. The average Bonchev–Trinajstić information content (AvgIpc) is 3.34. The number of aromatic nitrogens is 5. The van der Waals surface area contributed by atoms with E-state index in [0.717, 1.165) is 5.52 Å². The molecule has 0 spiro atoms. The van der Waals surface area contributed by atoms with Crippen LogP contribution in [0.15, 0.2) is 71.8 Å². The van der Waals surface area contributed by atoms with Gasteiger partial charge in [0.05, 0.1) is 17.8 Å². The molecular weight excluding hydrogens is 434 g/mol. The highest BCUT2D eigenvalue weighted by Crippen LogP contribution is 2.28. The van der Waals surface area contributed by atoms with Crippen molar-refractivity contribution in [3.63, 3.8) is 0 Å². The van der Waals surface area contributed by atoms with Gasteiger partial charge in [0.15, 0.2) is 11.3 Å². The summed E-state index contributed by atoms with van der Waals surface area (Å²) in [4.78, 5) is 34.6. The number of ether oxygens (including phenoxy) is 2. The quantitative estimate of drug-likeness (QED) is 0.351. The van der Waals surface area contributed by atoms with Crippen molar-refractivity contribution in [2.24, 2.45) is 0 Å². The molecule has 9 nitrogen and oxygen atoms in total. The molecule has 0 bridgehead atoms. The van der Waals surface area contributed by atoms with Gasteiger partial charge in [-0.05, 0) is 69.3 Å². The van der Waals surface area contributed by atoms with Crippen molar-refractivity contribution in [2.75, 3.05) is 6.61 Å². The number of fused-ring (bicyclic) bond motifs is 2. The van der Waals surface area contributed by atoms with Crippen LogP contribution in [0.5, 0.6) is 11.6 Å². The molecule has 5 rings (SSSR count). The largest absolute Gasteiger partial charge is 0.461 e. The van der Waals surface area contributed by atoms with E-state index in [4.69, 9.17) is 9.47 Å². The Morgan fingerprint density at radius 3 is 2.59 bits per heavy atom. The second kappa shape index (κ2) is 8.51. The predicted molar refractivity (Wildman–Crippen MR) is 127 cm³/mol. The summed E-state index contributed by atoms with van der Waals surface area (Å²) >= 11 is 0. The summed E-state index contributed by atoms with van der Waals surface area (Å²) in [7, 11) is 0. The minimum atomic E-state index is -0.521. The Bertz CT molecular complexity index is 1560. The molecule has 0 saturated heterocycles. The summed E-state index contributed by atoms with van der Waals surface area (Å²) in [5.74, 6) is 0.0888. The van der Waals surface area contributed by atoms with Gasteiger partial charge in [-0.1, -0.05) is 6.07 Å². The second-order valence-electron chi connectivity index (χ2n) is 7.94. The Morgan fingerprint density at radius 1 is 1.06 bits per heavy atom. The summed E-state index contributed by atoms with van der Waals surface area (Å²) in [6, 6.07) is 16.1. The third kappa shape index (κ3) is 3.51. The molecule has 0 aliphatic rings. The fourth-order valence-electron chi connectivity index (χ4n) is 3.99. The van der Waals surface area contributed by atoms with Gasteiger partial charge in [-0.25, -0.2) is 19.1 Å². The number of pyridine rings is 2. The van der Waals surface area contributed by atoms with Gasteiger partial charge in [-0.15, -0.1) is 0 Å². The third-order valence-corrected chi connectivity index (χ3v) is 5.43. The Balaban J connectivity index is 1.54. The molecular formula is C25H23N5O4. The Kier molecular flexibility index (Phi) is 5.37. The van der Waals surface area contributed by atoms with Gasteiger partial charge in [0.2, 0.25) is 0 Å². The van der Waals surface area contributed by atoms with E-state index in [0.29, 0.717) is 22.7 Å². The van der Waals surface area contributed by atoms with Gasteiger partial charge in [-0.3, -0.25) is 8.97 Å². The first kappa shape index (κ1) is 21.4. The average molecular weight is 457 g/mol. The first-order valence-corrected chi connectivity index (χ1v) is 11.0. The van der Waals surface area contributed by atoms with Crippen LogP contribution in [0.2, 0.25) is 0 Å². The zero-order chi connectivity index (χ0) is 23.8. The van der Waals surface area contributed by atoms with E-state index in [1.54, 1.807) is 69.3 Å². The SMILES string of the molecule is CCOC(=O)c1c(Oc2ccc(-n3c(=O)n(C(C)C)c4cccnc43)cc2)nc2ccccn12. The van der Waals surface area contributed by atoms with Crippen molar-refractivity contribution in [1.82, 2.24) is 23.5 Å². The van der Waals surface area contributed by atoms with Gasteiger partial charge in [0.25, 0.3) is 5.88 Å². The van der Waals surface area contributed by atoms with E-state index < -0.39 is 5.97 Å². The molecule has 0 atom stereocenters. The summed E-state index contributed by atoms with van der Waals surface area (Å²) < 4.78 is 16.1. The first-order chi connectivity index (χ1) is 16.5. The monoisotopic (exact) mass is 457 g/mol. The van der Waals surface area contributed by atoms with Gasteiger partial charge in [-0.2, -0.15) is 4.98 Å². The normalized spacial score (nSPS) is 11.4. The molecule has 4 aromatic heterocycles. The lowest BCUT2D eigenvalue weighted by atomic mass is 10.3. The lowest BCUT2D eigenvalue weighted by Crippen LogP contribution is -2.24. The Morgan fingerprint density at radius 2 is 1.85 bits per heavy atom. The highest BCUT2D eigenvalue weighted by atomic mass is 16.5. The molecule has 1 aromatic carbocycles. The van der Waals surface area contributed by atoms with Crippen molar-refractivity contribution < 1.29 is 14.3 Å². The van der Waals surface area contributed by atoms with E-state index >= 15 is 0 Å². The number of rotatable bonds is 6. The smallest absolute Gasteiger partial charge is 0.361 e. The van der Waals surface area contributed by atoms with Gasteiger partial charge in [0, 0.05) is 18.4 Å². The fraction of sp³-hybridized carbons (Fsp3) is 0.200. The molecule has 0 radical (unpaired) electrons. The van der Waals surface area contributed by atoms with Crippen LogP contribution in [0, 0.1) is 0 Å². The van der Waals surface area contributed by atoms with Crippen LogP contribution in [0.1, 0.15) is 37.3 Å². The fourth-order valence-corrected chi connectivity index (χ4v) is 3.99. The molecule has 0 aliphatic heterocycles. The number of imidazole rings is 2. The van der Waals surface area contributed by atoms with Crippen LogP contribution < -0.4 is 10.4 Å². The van der Waals surface area contributed by atoms with Crippen molar-refractivity contribution in [3.8, 4) is 17.3 Å². The number of carbonyl (C=O) groups is 1. The van der Waals surface area contributed by atoms with E-state index in [1.165, 1.54) is 0 Å². The lowest BCUT2D eigenvalue weighted by Gasteiger charge is -2.08. The lowest BCUT2D eigenvalue weighted by molar-refractivity contribution is 0.0515. The molecule has 0 saturated carbocycles. The molecule has 5 aromatic rings. The minimum Gasteiger partial charge on any atom is -0.461 e. The van der Waals surface area contributed by atoms with E-state index in [-0.39, 0.29) is 29.9 Å². The van der Waals surface area contributed by atoms with Crippen LogP contribution in [0.4, 0.5) is 0 Å². The van der Waals surface area contributed by atoms with E-state index in [1.807, 2.05) is 32.0 Å². The molecule has 0 aliphatic carbocycles. The second-order valence-corrected chi connectivity index (χ2v) is 7.94. The minimum absolute atomic E-state index is 0.0144. The van der Waals surface area contributed by atoms with E-state index in [9.17, 15) is 9.59 Å². The zero-order valence-electron chi connectivity index (χ0n) is 19.0. The number of hydrogen-bond acceptors (Lipinski definition) is 6. The number of nitrogens with zero attached hydrogens (tertiary/aromatic N) is 5. The molecule has 0 unspecified atom stereocenters. The van der Waals surface area contributed by atoms with Crippen molar-refractivity contribution in [3.05, 3.63) is 83.2 Å². The third-order valence-electron chi connectivity index (χ3n) is 5.43. The van der Waals surface area contributed by atoms with Gasteiger partial charge >= 0.3 is 11.7 Å². The van der Waals surface area contributed by atoms with E-state index in [2.05, 4.69) is 9.97 Å². The number of hydrogen-bond donors (Lipinski definition) is 0. The Hall–Kier alpha value is -4.40. The van der Waals surface area contributed by atoms with Crippen LogP contribution in [-0.4, -0.2) is 36.1 Å². The number of esters is 1. The van der Waals surface area contributed by atoms with Crippen molar-refractivity contribution >= 4 is 22.8 Å². The summed E-state index contributed by atoms with van der Waals surface area (Å²) in [5, 5.41) is 0. The van der Waals surface area contributed by atoms with Crippen molar-refractivity contribution in [2.45, 2.75) is 26.8 Å². The first-order valence-electron chi connectivity index (χ1n) is 11.0. The molecule has 0 N–H and O–H groups in total. The molecule has 0 fully saturated rings. The molecule has 172 valence electrons. The van der Waals surface area contributed by atoms with Crippen LogP contribution in [-0.2, 0) is 4.74 Å². The molecule has 9 heteroatoms. The predicted octanol–water partition coefficient (Wildman–Crippen LogP) is 4.38. The van der Waals surface area contributed by atoms with Crippen LogP contribution >= 0.6 is 0 Å². The maximum absolute atomic E-state index is 13.2. The molecule has 0 amide bonds.